The molecule has 0 radical (unpaired) electrons. The van der Waals surface area contributed by atoms with Gasteiger partial charge in [-0.1, -0.05) is 12.1 Å². The van der Waals surface area contributed by atoms with Crippen LogP contribution in [0.2, 0.25) is 0 Å². The lowest BCUT2D eigenvalue weighted by Gasteiger charge is -2.23. The minimum atomic E-state index is -2.27. The van der Waals surface area contributed by atoms with Crippen LogP contribution in [0.1, 0.15) is 39.0 Å². The Morgan fingerprint density at radius 2 is 2.03 bits per heavy atom. The third kappa shape index (κ3) is 4.15. The normalized spacial score (nSPS) is 13.7. The second-order valence-electron chi connectivity index (χ2n) is 7.54. The monoisotopic (exact) mass is 424 g/mol. The van der Waals surface area contributed by atoms with Crippen molar-refractivity contribution in [2.75, 3.05) is 4.31 Å². The molecule has 1 aliphatic rings. The van der Waals surface area contributed by atoms with Crippen LogP contribution in [0.15, 0.2) is 48.8 Å². The van der Waals surface area contributed by atoms with Crippen molar-refractivity contribution in [1.82, 2.24) is 15.1 Å². The van der Waals surface area contributed by atoms with Gasteiger partial charge in [0, 0.05) is 30.9 Å². The molecule has 30 heavy (non-hydrogen) atoms. The van der Waals surface area contributed by atoms with Crippen molar-refractivity contribution in [2.45, 2.75) is 32.7 Å². The predicted octanol–water partition coefficient (Wildman–Crippen LogP) is 3.42. The summed E-state index contributed by atoms with van der Waals surface area (Å²) in [7, 11) is 1.82. The number of nitrogens with one attached hydrogen (secondary N) is 1. The molecule has 1 unspecified atom stereocenters. The highest BCUT2D eigenvalue weighted by Gasteiger charge is 2.21. The quantitative estimate of drug-likeness (QED) is 0.594. The molecule has 7 nitrogen and oxygen atoms in total. The van der Waals surface area contributed by atoms with Gasteiger partial charge in [-0.05, 0) is 67.1 Å². The number of benzene rings is 2. The first kappa shape index (κ1) is 20.3. The highest BCUT2D eigenvalue weighted by molar-refractivity contribution is 7.81. The van der Waals surface area contributed by atoms with Crippen LogP contribution in [0.3, 0.4) is 0 Å². The number of hydrogen-bond acceptors (Lipinski definition) is 3. The number of aromatic nitrogens is 2. The Hall–Kier alpha value is -2.97. The predicted molar refractivity (Wildman–Crippen MR) is 117 cm³/mol. The van der Waals surface area contributed by atoms with Crippen molar-refractivity contribution in [3.8, 4) is 0 Å². The molecule has 2 aromatic carbocycles. The van der Waals surface area contributed by atoms with Crippen molar-refractivity contribution >= 4 is 28.5 Å². The number of anilines is 2. The summed E-state index contributed by atoms with van der Waals surface area (Å²) in [5, 5.41) is 6.96. The average Bonchev–Trinajstić information content (AvgIpc) is 3.35. The summed E-state index contributed by atoms with van der Waals surface area (Å²) in [5.41, 5.74) is 5.82. The molecule has 1 heterocycles. The summed E-state index contributed by atoms with van der Waals surface area (Å²) in [6.07, 6.45) is 6.66. The Morgan fingerprint density at radius 3 is 2.77 bits per heavy atom. The van der Waals surface area contributed by atoms with Gasteiger partial charge < -0.3 is 5.32 Å². The van der Waals surface area contributed by atoms with Gasteiger partial charge in [0.1, 0.15) is 0 Å². The molecule has 1 atom stereocenters. The molecular formula is C22H24N4O3S. The number of aryl methyl sites for hydroxylation is 4. The van der Waals surface area contributed by atoms with E-state index >= 15 is 0 Å². The molecule has 0 bridgehead atoms. The Balaban J connectivity index is 1.62. The summed E-state index contributed by atoms with van der Waals surface area (Å²) in [5.74, 6) is -0.252. The molecule has 0 saturated heterocycles. The van der Waals surface area contributed by atoms with E-state index < -0.39 is 11.3 Å². The van der Waals surface area contributed by atoms with Crippen LogP contribution >= 0.6 is 0 Å². The van der Waals surface area contributed by atoms with Crippen molar-refractivity contribution < 1.29 is 13.6 Å². The number of hydrogen-bond donors (Lipinski definition) is 2. The molecule has 4 rings (SSSR count). The lowest BCUT2D eigenvalue weighted by atomic mass is 10.1. The van der Waals surface area contributed by atoms with Gasteiger partial charge in [-0.3, -0.25) is 14.0 Å². The molecule has 8 heteroatoms. The van der Waals surface area contributed by atoms with Crippen molar-refractivity contribution in [3.05, 3.63) is 76.6 Å². The third-order valence-corrected chi connectivity index (χ3v) is 6.09. The summed E-state index contributed by atoms with van der Waals surface area (Å²) in [6, 6.07) is 11.0. The minimum absolute atomic E-state index is 0.252. The number of fused-ring (bicyclic) bond motifs is 1. The second-order valence-corrected chi connectivity index (χ2v) is 8.36. The van der Waals surface area contributed by atoms with E-state index in [1.807, 2.05) is 38.4 Å². The smallest absolute Gasteiger partial charge is 0.266 e. The van der Waals surface area contributed by atoms with E-state index in [1.165, 1.54) is 15.4 Å². The van der Waals surface area contributed by atoms with E-state index in [0.717, 1.165) is 30.4 Å². The van der Waals surface area contributed by atoms with Gasteiger partial charge in [0.05, 0.1) is 17.6 Å². The van der Waals surface area contributed by atoms with E-state index in [2.05, 4.69) is 10.4 Å². The summed E-state index contributed by atoms with van der Waals surface area (Å²) >= 11 is -2.27. The van der Waals surface area contributed by atoms with E-state index in [0.29, 0.717) is 23.5 Å². The largest absolute Gasteiger partial charge is 0.348 e. The van der Waals surface area contributed by atoms with Crippen LogP contribution in [0.4, 0.5) is 11.4 Å². The number of carbonyl (C=O) groups excluding carboxylic acids is 1. The zero-order valence-corrected chi connectivity index (χ0v) is 17.8. The van der Waals surface area contributed by atoms with Crippen LogP contribution in [0.25, 0.3) is 0 Å². The molecule has 0 fully saturated rings. The fourth-order valence-electron chi connectivity index (χ4n) is 3.81. The maximum Gasteiger partial charge on any atom is 0.266 e. The van der Waals surface area contributed by atoms with Gasteiger partial charge in [-0.2, -0.15) is 5.10 Å². The average molecular weight is 425 g/mol. The molecule has 1 aliphatic carbocycles. The van der Waals surface area contributed by atoms with Gasteiger partial charge in [-0.25, -0.2) is 8.51 Å². The summed E-state index contributed by atoms with van der Waals surface area (Å²) < 4.78 is 25.4. The van der Waals surface area contributed by atoms with Crippen LogP contribution in [-0.2, 0) is 37.7 Å². The molecular weight excluding hydrogens is 400 g/mol. The first-order valence-corrected chi connectivity index (χ1v) is 10.9. The summed E-state index contributed by atoms with van der Waals surface area (Å²) in [6.45, 7) is 2.22. The van der Waals surface area contributed by atoms with E-state index in [9.17, 15) is 13.6 Å². The van der Waals surface area contributed by atoms with E-state index in [-0.39, 0.29) is 5.91 Å². The molecule has 0 saturated carbocycles. The Morgan fingerprint density at radius 1 is 1.23 bits per heavy atom. The van der Waals surface area contributed by atoms with Crippen LogP contribution < -0.4 is 9.62 Å². The molecule has 3 aromatic rings. The zero-order valence-electron chi connectivity index (χ0n) is 17.0. The number of carbonyl (C=O) groups is 1. The molecule has 156 valence electrons. The van der Waals surface area contributed by atoms with E-state index in [1.54, 1.807) is 29.1 Å². The van der Waals surface area contributed by atoms with Crippen molar-refractivity contribution in [2.24, 2.45) is 7.05 Å². The van der Waals surface area contributed by atoms with Gasteiger partial charge >= 0.3 is 0 Å². The molecule has 1 amide bonds. The molecule has 2 N–H and O–H groups in total. The first-order valence-electron chi connectivity index (χ1n) is 9.81. The van der Waals surface area contributed by atoms with Crippen LogP contribution in [0.5, 0.6) is 0 Å². The fraction of sp³-hybridized carbons (Fsp3) is 0.273. The first-order chi connectivity index (χ1) is 14.4. The lowest BCUT2D eigenvalue weighted by Crippen LogP contribution is -2.24. The maximum absolute atomic E-state index is 12.7. The fourth-order valence-corrected chi connectivity index (χ4v) is 4.47. The van der Waals surface area contributed by atoms with Crippen molar-refractivity contribution in [3.63, 3.8) is 0 Å². The third-order valence-electron chi connectivity index (χ3n) is 5.37. The van der Waals surface area contributed by atoms with Gasteiger partial charge in [0.2, 0.25) is 0 Å². The molecule has 1 aromatic heterocycles. The van der Waals surface area contributed by atoms with E-state index in [4.69, 9.17) is 0 Å². The van der Waals surface area contributed by atoms with Crippen LogP contribution in [0, 0.1) is 6.92 Å². The van der Waals surface area contributed by atoms with Crippen LogP contribution in [-0.4, -0.2) is 24.4 Å². The number of rotatable bonds is 6. The topological polar surface area (TPSA) is 87.5 Å². The highest BCUT2D eigenvalue weighted by Crippen LogP contribution is 2.34. The Labute approximate surface area is 178 Å². The van der Waals surface area contributed by atoms with Crippen molar-refractivity contribution in [1.29, 1.82) is 0 Å². The summed E-state index contributed by atoms with van der Waals surface area (Å²) in [4.78, 5) is 12.7. The Bertz CT molecular complexity index is 1130. The maximum atomic E-state index is 12.7. The standard InChI is InChI=1S/C22H24N4O3S/c1-15-6-7-19(22(27)23-12-16-13-24-25(2)14-16)11-21(15)26(30(28)29)20-9-8-17-4-3-5-18(17)10-20/h6-11,13-14H,3-5,12H2,1-2H3,(H,23,27)(H,28,29). The van der Waals surface area contributed by atoms with Gasteiger partial charge in [-0.15, -0.1) is 0 Å². The number of nitrogens with zero attached hydrogens (tertiary/aromatic N) is 3. The highest BCUT2D eigenvalue weighted by atomic mass is 32.2. The lowest BCUT2D eigenvalue weighted by molar-refractivity contribution is 0.0951. The number of amides is 1. The molecule has 0 spiro atoms. The Kier molecular flexibility index (Phi) is 5.69. The SMILES string of the molecule is Cc1ccc(C(=O)NCc2cnn(C)c2)cc1N(c1ccc2c(c1)CCC2)S(=O)O. The zero-order chi connectivity index (χ0) is 21.3. The second kappa shape index (κ2) is 8.41. The van der Waals surface area contributed by atoms with Gasteiger partial charge in [0.25, 0.3) is 17.2 Å². The molecule has 0 aliphatic heterocycles. The van der Waals surface area contributed by atoms with Gasteiger partial charge in [0.15, 0.2) is 0 Å². The minimum Gasteiger partial charge on any atom is -0.348 e.